The Hall–Kier alpha value is -1.92. The van der Waals surface area contributed by atoms with Crippen molar-refractivity contribution in [2.24, 2.45) is 4.99 Å². The zero-order valence-electron chi connectivity index (χ0n) is 13.9. The molecular weight excluding hydrogens is 308 g/mol. The number of aliphatic imine (C=N–C) groups is 1. The Balaban J connectivity index is 1.91. The minimum atomic E-state index is 0.638. The predicted octanol–water partition coefficient (Wildman–Crippen LogP) is 2.85. The smallest absolute Gasteiger partial charge is 0.191 e. The van der Waals surface area contributed by atoms with E-state index < -0.39 is 0 Å². The van der Waals surface area contributed by atoms with Crippen molar-refractivity contribution >= 4 is 17.3 Å². The van der Waals surface area contributed by atoms with Gasteiger partial charge in [0.2, 0.25) is 0 Å². The van der Waals surface area contributed by atoms with Gasteiger partial charge in [-0.1, -0.05) is 24.3 Å². The summed E-state index contributed by atoms with van der Waals surface area (Å²) >= 11 is 1.70. The Bertz CT molecular complexity index is 622. The van der Waals surface area contributed by atoms with Crippen molar-refractivity contribution in [2.45, 2.75) is 33.5 Å². The van der Waals surface area contributed by atoms with Crippen LogP contribution in [0.15, 0.2) is 35.5 Å². The number of aromatic nitrogens is 1. The van der Waals surface area contributed by atoms with Gasteiger partial charge in [0.1, 0.15) is 5.01 Å². The molecule has 0 aliphatic carbocycles. The summed E-state index contributed by atoms with van der Waals surface area (Å²) < 4.78 is 5.12. The molecule has 1 aromatic heterocycles. The molecule has 0 radical (unpaired) electrons. The Morgan fingerprint density at radius 1 is 1.22 bits per heavy atom. The van der Waals surface area contributed by atoms with Crippen LogP contribution in [0.1, 0.15) is 27.9 Å². The van der Waals surface area contributed by atoms with Gasteiger partial charge in [-0.25, -0.2) is 9.98 Å². The van der Waals surface area contributed by atoms with Gasteiger partial charge in [-0.15, -0.1) is 11.3 Å². The maximum absolute atomic E-state index is 5.12. The van der Waals surface area contributed by atoms with E-state index in [9.17, 15) is 0 Å². The number of rotatable bonds is 7. The summed E-state index contributed by atoms with van der Waals surface area (Å²) in [6, 6.07) is 8.33. The highest BCUT2D eigenvalue weighted by molar-refractivity contribution is 7.11. The normalized spacial score (nSPS) is 11.5. The lowest BCUT2D eigenvalue weighted by atomic mass is 10.1. The van der Waals surface area contributed by atoms with E-state index in [0.29, 0.717) is 19.7 Å². The first-order chi connectivity index (χ1) is 11.2. The summed E-state index contributed by atoms with van der Waals surface area (Å²) in [5.41, 5.74) is 2.34. The molecule has 23 heavy (non-hydrogen) atoms. The third-order valence-corrected chi connectivity index (χ3v) is 4.09. The largest absolute Gasteiger partial charge is 0.380 e. The molecule has 2 aromatic rings. The average Bonchev–Trinajstić information content (AvgIpc) is 2.97. The molecule has 0 unspecified atom stereocenters. The van der Waals surface area contributed by atoms with Gasteiger partial charge in [0.15, 0.2) is 5.96 Å². The van der Waals surface area contributed by atoms with E-state index in [1.807, 2.05) is 6.20 Å². The van der Waals surface area contributed by atoms with Gasteiger partial charge in [-0.3, -0.25) is 0 Å². The van der Waals surface area contributed by atoms with Gasteiger partial charge in [0.25, 0.3) is 0 Å². The standard InChI is InChI=1S/C17H24N4OS/c1-4-18-17(21-11-16-19-9-13(2)23-16)20-10-14-5-7-15(8-6-14)12-22-3/h5-9H,4,10-12H2,1-3H3,(H2,18,20,21). The summed E-state index contributed by atoms with van der Waals surface area (Å²) in [4.78, 5) is 10.2. The maximum atomic E-state index is 5.12. The molecule has 124 valence electrons. The first-order valence-electron chi connectivity index (χ1n) is 7.71. The summed E-state index contributed by atoms with van der Waals surface area (Å²) in [5.74, 6) is 0.807. The van der Waals surface area contributed by atoms with Crippen LogP contribution in [0.5, 0.6) is 0 Å². The van der Waals surface area contributed by atoms with E-state index in [4.69, 9.17) is 4.74 Å². The molecule has 2 N–H and O–H groups in total. The Morgan fingerprint density at radius 3 is 2.57 bits per heavy atom. The van der Waals surface area contributed by atoms with Crippen molar-refractivity contribution in [1.82, 2.24) is 15.6 Å². The fourth-order valence-corrected chi connectivity index (χ4v) is 2.79. The fourth-order valence-electron chi connectivity index (χ4n) is 2.06. The van der Waals surface area contributed by atoms with Crippen LogP contribution in [0.2, 0.25) is 0 Å². The third kappa shape index (κ3) is 6.00. The lowest BCUT2D eigenvalue weighted by molar-refractivity contribution is 0.185. The fraction of sp³-hybridized carbons (Fsp3) is 0.412. The highest BCUT2D eigenvalue weighted by Gasteiger charge is 2.02. The Kier molecular flexibility index (Phi) is 7.03. The number of thiazole rings is 1. The summed E-state index contributed by atoms with van der Waals surface area (Å²) in [5, 5.41) is 7.64. The predicted molar refractivity (Wildman–Crippen MR) is 95.7 cm³/mol. The van der Waals surface area contributed by atoms with E-state index in [0.717, 1.165) is 17.5 Å². The second-order valence-corrected chi connectivity index (χ2v) is 6.48. The van der Waals surface area contributed by atoms with Crippen LogP contribution in [0.3, 0.4) is 0 Å². The van der Waals surface area contributed by atoms with Crippen molar-refractivity contribution in [3.8, 4) is 0 Å². The molecule has 0 bridgehead atoms. The first-order valence-corrected chi connectivity index (χ1v) is 8.53. The van der Waals surface area contributed by atoms with Crippen molar-refractivity contribution in [3.63, 3.8) is 0 Å². The van der Waals surface area contributed by atoms with Crippen LogP contribution in [-0.4, -0.2) is 24.6 Å². The highest BCUT2D eigenvalue weighted by atomic mass is 32.1. The first kappa shape index (κ1) is 17.4. The quantitative estimate of drug-likeness (QED) is 0.605. The van der Waals surface area contributed by atoms with E-state index in [2.05, 4.69) is 58.7 Å². The molecule has 0 amide bonds. The van der Waals surface area contributed by atoms with Crippen LogP contribution in [0.25, 0.3) is 0 Å². The van der Waals surface area contributed by atoms with E-state index in [1.54, 1.807) is 18.4 Å². The molecule has 0 aliphatic heterocycles. The molecule has 0 aliphatic rings. The zero-order chi connectivity index (χ0) is 16.5. The van der Waals surface area contributed by atoms with Gasteiger partial charge in [-0.05, 0) is 25.0 Å². The number of nitrogens with zero attached hydrogens (tertiary/aromatic N) is 2. The number of guanidine groups is 1. The van der Waals surface area contributed by atoms with E-state index in [-0.39, 0.29) is 0 Å². The van der Waals surface area contributed by atoms with Crippen molar-refractivity contribution in [2.75, 3.05) is 13.7 Å². The summed E-state index contributed by atoms with van der Waals surface area (Å²) in [6.45, 7) is 6.92. The monoisotopic (exact) mass is 332 g/mol. The number of nitrogens with one attached hydrogen (secondary N) is 2. The number of ether oxygens (including phenoxy) is 1. The minimum absolute atomic E-state index is 0.638. The molecule has 1 heterocycles. The summed E-state index contributed by atoms with van der Waals surface area (Å²) in [7, 11) is 1.70. The number of hydrogen-bond donors (Lipinski definition) is 2. The molecule has 0 atom stereocenters. The Labute approximate surface area is 141 Å². The molecule has 5 nitrogen and oxygen atoms in total. The molecule has 6 heteroatoms. The van der Waals surface area contributed by atoms with E-state index in [1.165, 1.54) is 16.0 Å². The van der Waals surface area contributed by atoms with Gasteiger partial charge >= 0.3 is 0 Å². The molecule has 0 fully saturated rings. The molecular formula is C17H24N4OS. The van der Waals surface area contributed by atoms with Crippen LogP contribution in [0, 0.1) is 6.92 Å². The van der Waals surface area contributed by atoms with E-state index >= 15 is 0 Å². The SMILES string of the molecule is CCNC(=NCc1ccc(COC)cc1)NCc1ncc(C)s1. The van der Waals surface area contributed by atoms with Crippen LogP contribution < -0.4 is 10.6 Å². The van der Waals surface area contributed by atoms with Crippen molar-refractivity contribution in [1.29, 1.82) is 0 Å². The summed E-state index contributed by atoms with van der Waals surface area (Å²) in [6.07, 6.45) is 1.90. The lowest BCUT2D eigenvalue weighted by Gasteiger charge is -2.10. The molecule has 1 aromatic carbocycles. The number of methoxy groups -OCH3 is 1. The minimum Gasteiger partial charge on any atom is -0.380 e. The third-order valence-electron chi connectivity index (χ3n) is 3.17. The van der Waals surface area contributed by atoms with Crippen LogP contribution in [0.4, 0.5) is 0 Å². The molecule has 0 spiro atoms. The number of aryl methyl sites for hydroxylation is 1. The van der Waals surface area contributed by atoms with Crippen molar-refractivity contribution < 1.29 is 4.74 Å². The molecule has 0 saturated carbocycles. The maximum Gasteiger partial charge on any atom is 0.191 e. The van der Waals surface area contributed by atoms with Gasteiger partial charge in [0, 0.05) is 24.7 Å². The topological polar surface area (TPSA) is 58.5 Å². The molecule has 0 saturated heterocycles. The number of hydrogen-bond acceptors (Lipinski definition) is 4. The highest BCUT2D eigenvalue weighted by Crippen LogP contribution is 2.10. The second-order valence-electron chi connectivity index (χ2n) is 5.16. The van der Waals surface area contributed by atoms with Crippen LogP contribution in [-0.2, 0) is 24.4 Å². The zero-order valence-corrected chi connectivity index (χ0v) is 14.7. The Morgan fingerprint density at radius 2 is 1.96 bits per heavy atom. The molecule has 2 rings (SSSR count). The number of benzene rings is 1. The lowest BCUT2D eigenvalue weighted by Crippen LogP contribution is -2.36. The van der Waals surface area contributed by atoms with Crippen LogP contribution >= 0.6 is 11.3 Å². The second kappa shape index (κ2) is 9.27. The average molecular weight is 332 g/mol. The van der Waals surface area contributed by atoms with Crippen molar-refractivity contribution in [3.05, 3.63) is 51.5 Å². The van der Waals surface area contributed by atoms with Gasteiger partial charge < -0.3 is 15.4 Å². The van der Waals surface area contributed by atoms with Gasteiger partial charge in [-0.2, -0.15) is 0 Å². The van der Waals surface area contributed by atoms with Gasteiger partial charge in [0.05, 0.1) is 19.7 Å².